The number of benzene rings is 1. The smallest absolute Gasteiger partial charge is 0.0409 e. The highest BCUT2D eigenvalue weighted by molar-refractivity contribution is 9.09. The van der Waals surface area contributed by atoms with Crippen LogP contribution in [0.2, 0.25) is 5.02 Å². The fourth-order valence-electron chi connectivity index (χ4n) is 1.66. The summed E-state index contributed by atoms with van der Waals surface area (Å²) in [6.07, 6.45) is 2.50. The normalized spacial score (nSPS) is 11.0. The van der Waals surface area contributed by atoms with Crippen LogP contribution >= 0.6 is 27.5 Å². The number of hydrogen-bond donors (Lipinski definition) is 0. The van der Waals surface area contributed by atoms with Crippen molar-refractivity contribution in [3.8, 4) is 0 Å². The Morgan fingerprint density at radius 2 is 2.12 bits per heavy atom. The van der Waals surface area contributed by atoms with Gasteiger partial charge in [0.05, 0.1) is 0 Å². The van der Waals surface area contributed by atoms with Gasteiger partial charge in [-0.25, -0.2) is 0 Å². The van der Waals surface area contributed by atoms with E-state index in [1.54, 1.807) is 0 Å². The third kappa shape index (κ3) is 5.33. The fourth-order valence-corrected chi connectivity index (χ4v) is 2.38. The molecule has 0 saturated carbocycles. The SMILES string of the molecule is CCCCN(CCBr)Cc1cccc(Cl)c1. The molecule has 0 spiro atoms. The molecule has 0 aromatic heterocycles. The molecule has 0 aliphatic carbocycles. The van der Waals surface area contributed by atoms with Crippen LogP contribution in [-0.2, 0) is 6.54 Å². The van der Waals surface area contributed by atoms with Gasteiger partial charge in [0, 0.05) is 23.4 Å². The molecule has 0 fully saturated rings. The Bertz CT molecular complexity index is 304. The summed E-state index contributed by atoms with van der Waals surface area (Å²) < 4.78 is 0. The number of nitrogens with zero attached hydrogens (tertiary/aromatic N) is 1. The lowest BCUT2D eigenvalue weighted by Gasteiger charge is -2.21. The summed E-state index contributed by atoms with van der Waals surface area (Å²) in [7, 11) is 0. The highest BCUT2D eigenvalue weighted by atomic mass is 79.9. The zero-order valence-electron chi connectivity index (χ0n) is 9.76. The predicted octanol–water partition coefficient (Wildman–Crippen LogP) is 4.34. The molecule has 0 amide bonds. The van der Waals surface area contributed by atoms with Gasteiger partial charge in [-0.05, 0) is 30.7 Å². The van der Waals surface area contributed by atoms with E-state index in [2.05, 4.69) is 39.9 Å². The molecule has 3 heteroatoms. The Kier molecular flexibility index (Phi) is 7.10. The third-order valence-corrected chi connectivity index (χ3v) is 3.11. The summed E-state index contributed by atoms with van der Waals surface area (Å²) in [5.41, 5.74) is 1.30. The lowest BCUT2D eigenvalue weighted by atomic mass is 10.2. The van der Waals surface area contributed by atoms with Crippen molar-refractivity contribution in [1.82, 2.24) is 4.90 Å². The molecule has 0 bridgehead atoms. The minimum absolute atomic E-state index is 0.826. The van der Waals surface area contributed by atoms with Crippen LogP contribution in [0.3, 0.4) is 0 Å². The number of alkyl halides is 1. The van der Waals surface area contributed by atoms with Crippen LogP contribution in [0.5, 0.6) is 0 Å². The molecule has 0 atom stereocenters. The summed E-state index contributed by atoms with van der Waals surface area (Å²) in [4.78, 5) is 2.46. The van der Waals surface area contributed by atoms with E-state index in [-0.39, 0.29) is 0 Å². The Labute approximate surface area is 112 Å². The largest absolute Gasteiger partial charge is 0.298 e. The summed E-state index contributed by atoms with van der Waals surface area (Å²) in [6, 6.07) is 8.13. The molecular weight excluding hydrogens is 286 g/mol. The van der Waals surface area contributed by atoms with Crippen LogP contribution in [0.1, 0.15) is 25.3 Å². The average Bonchev–Trinajstić information content (AvgIpc) is 2.26. The Morgan fingerprint density at radius 1 is 1.31 bits per heavy atom. The van der Waals surface area contributed by atoms with Crippen molar-refractivity contribution in [2.75, 3.05) is 18.4 Å². The molecule has 0 saturated heterocycles. The fraction of sp³-hybridized carbons (Fsp3) is 0.538. The molecular formula is C13H19BrClN. The van der Waals surface area contributed by atoms with Crippen LogP contribution in [0.15, 0.2) is 24.3 Å². The topological polar surface area (TPSA) is 3.24 Å². The van der Waals surface area contributed by atoms with Gasteiger partial charge in [0.2, 0.25) is 0 Å². The summed E-state index contributed by atoms with van der Waals surface area (Å²) in [5.74, 6) is 0. The van der Waals surface area contributed by atoms with Crippen LogP contribution in [0, 0.1) is 0 Å². The molecule has 1 aromatic carbocycles. The number of unbranched alkanes of at least 4 members (excludes halogenated alkanes) is 1. The first-order valence-electron chi connectivity index (χ1n) is 5.79. The molecule has 0 aliphatic rings. The molecule has 0 heterocycles. The molecule has 16 heavy (non-hydrogen) atoms. The monoisotopic (exact) mass is 303 g/mol. The van der Waals surface area contributed by atoms with Gasteiger partial charge in [-0.1, -0.05) is 53.0 Å². The molecule has 1 rings (SSSR count). The zero-order valence-corrected chi connectivity index (χ0v) is 12.1. The molecule has 0 radical (unpaired) electrons. The van der Waals surface area contributed by atoms with Gasteiger partial charge < -0.3 is 0 Å². The van der Waals surface area contributed by atoms with E-state index in [1.165, 1.54) is 18.4 Å². The lowest BCUT2D eigenvalue weighted by molar-refractivity contribution is 0.278. The van der Waals surface area contributed by atoms with Crippen molar-refractivity contribution in [3.63, 3.8) is 0 Å². The molecule has 90 valence electrons. The maximum atomic E-state index is 5.98. The predicted molar refractivity (Wildman–Crippen MR) is 75.4 cm³/mol. The highest BCUT2D eigenvalue weighted by Gasteiger charge is 2.04. The van der Waals surface area contributed by atoms with Gasteiger partial charge in [0.15, 0.2) is 0 Å². The van der Waals surface area contributed by atoms with Gasteiger partial charge in [-0.3, -0.25) is 4.90 Å². The number of rotatable bonds is 7. The second kappa shape index (κ2) is 8.10. The van der Waals surface area contributed by atoms with Crippen molar-refractivity contribution < 1.29 is 0 Å². The number of halogens is 2. The quantitative estimate of drug-likeness (QED) is 0.677. The van der Waals surface area contributed by atoms with E-state index >= 15 is 0 Å². The average molecular weight is 305 g/mol. The van der Waals surface area contributed by atoms with Crippen molar-refractivity contribution in [2.24, 2.45) is 0 Å². The van der Waals surface area contributed by atoms with Crippen LogP contribution in [0.4, 0.5) is 0 Å². The van der Waals surface area contributed by atoms with Gasteiger partial charge in [-0.15, -0.1) is 0 Å². The second-order valence-corrected chi connectivity index (χ2v) is 5.18. The molecule has 1 aromatic rings. The Morgan fingerprint density at radius 3 is 2.75 bits per heavy atom. The van der Waals surface area contributed by atoms with Gasteiger partial charge >= 0.3 is 0 Å². The van der Waals surface area contributed by atoms with Crippen molar-refractivity contribution in [3.05, 3.63) is 34.9 Å². The minimum Gasteiger partial charge on any atom is -0.298 e. The standard InChI is InChI=1S/C13H19BrClN/c1-2-3-8-16(9-7-14)11-12-5-4-6-13(15)10-12/h4-6,10H,2-3,7-9,11H2,1H3. The van der Waals surface area contributed by atoms with E-state index < -0.39 is 0 Å². The van der Waals surface area contributed by atoms with E-state index in [9.17, 15) is 0 Å². The zero-order chi connectivity index (χ0) is 11.8. The van der Waals surface area contributed by atoms with Crippen molar-refractivity contribution >= 4 is 27.5 Å². The third-order valence-electron chi connectivity index (χ3n) is 2.52. The molecule has 1 nitrogen and oxygen atoms in total. The maximum absolute atomic E-state index is 5.98. The molecule has 0 unspecified atom stereocenters. The van der Waals surface area contributed by atoms with Crippen LogP contribution in [-0.4, -0.2) is 23.3 Å². The summed E-state index contributed by atoms with van der Waals surface area (Å²) in [5, 5.41) is 1.85. The second-order valence-electron chi connectivity index (χ2n) is 3.95. The minimum atomic E-state index is 0.826. The van der Waals surface area contributed by atoms with Gasteiger partial charge in [-0.2, -0.15) is 0 Å². The Balaban J connectivity index is 2.52. The maximum Gasteiger partial charge on any atom is 0.0409 e. The first kappa shape index (κ1) is 14.0. The van der Waals surface area contributed by atoms with E-state index in [1.807, 2.05) is 12.1 Å². The van der Waals surface area contributed by atoms with Crippen molar-refractivity contribution in [1.29, 1.82) is 0 Å². The van der Waals surface area contributed by atoms with Crippen LogP contribution < -0.4 is 0 Å². The molecule has 0 aliphatic heterocycles. The Hall–Kier alpha value is -0.0500. The van der Waals surface area contributed by atoms with Crippen LogP contribution in [0.25, 0.3) is 0 Å². The van der Waals surface area contributed by atoms with E-state index in [0.29, 0.717) is 0 Å². The molecule has 0 N–H and O–H groups in total. The van der Waals surface area contributed by atoms with E-state index in [4.69, 9.17) is 11.6 Å². The summed E-state index contributed by atoms with van der Waals surface area (Å²) in [6.45, 7) is 5.47. The summed E-state index contributed by atoms with van der Waals surface area (Å²) >= 11 is 9.48. The van der Waals surface area contributed by atoms with Crippen molar-refractivity contribution in [2.45, 2.75) is 26.3 Å². The number of hydrogen-bond acceptors (Lipinski definition) is 1. The van der Waals surface area contributed by atoms with E-state index in [0.717, 1.165) is 30.0 Å². The first-order chi connectivity index (χ1) is 7.76. The highest BCUT2D eigenvalue weighted by Crippen LogP contribution is 2.13. The van der Waals surface area contributed by atoms with Gasteiger partial charge in [0.25, 0.3) is 0 Å². The lowest BCUT2D eigenvalue weighted by Crippen LogP contribution is -2.26. The van der Waals surface area contributed by atoms with Gasteiger partial charge in [0.1, 0.15) is 0 Å². The first-order valence-corrected chi connectivity index (χ1v) is 7.29.